The van der Waals surface area contributed by atoms with Crippen molar-refractivity contribution in [2.24, 2.45) is 0 Å². The van der Waals surface area contributed by atoms with Gasteiger partial charge >= 0.3 is 6.09 Å². The van der Waals surface area contributed by atoms with Crippen LogP contribution in [0.3, 0.4) is 0 Å². The number of Topliss-reactive ketones (excluding diaryl/α,β-unsaturated/α-hetero) is 1. The van der Waals surface area contributed by atoms with Crippen LogP contribution >= 0.6 is 0 Å². The molecule has 0 saturated carbocycles. The number of amides is 1. The Morgan fingerprint density at radius 2 is 1.76 bits per heavy atom. The van der Waals surface area contributed by atoms with E-state index in [9.17, 15) is 9.59 Å². The van der Waals surface area contributed by atoms with Crippen LogP contribution < -0.4 is 0 Å². The van der Waals surface area contributed by atoms with E-state index in [0.29, 0.717) is 0 Å². The highest BCUT2D eigenvalue weighted by Crippen LogP contribution is 2.14. The van der Waals surface area contributed by atoms with Gasteiger partial charge in [0, 0.05) is 20.0 Å². The Balaban J connectivity index is 2.55. The molecule has 4 heteroatoms. The number of rotatable bonds is 1. The first-order chi connectivity index (χ1) is 7.91. The molecule has 1 aliphatic rings. The van der Waals surface area contributed by atoms with Gasteiger partial charge in [-0.1, -0.05) is 0 Å². The number of likely N-dealkylation sites (tertiary alicyclic amines) is 1. The van der Waals surface area contributed by atoms with E-state index >= 15 is 0 Å². The van der Waals surface area contributed by atoms with Gasteiger partial charge in [0.15, 0.2) is 5.60 Å². The van der Waals surface area contributed by atoms with E-state index in [-0.39, 0.29) is 11.9 Å². The van der Waals surface area contributed by atoms with Gasteiger partial charge < -0.3 is 9.64 Å². The molecule has 0 atom stereocenters. The zero-order chi connectivity index (χ0) is 12.9. The minimum absolute atomic E-state index is 0.230. The van der Waals surface area contributed by atoms with Gasteiger partial charge in [0.25, 0.3) is 0 Å². The molecule has 1 fully saturated rings. The molecule has 1 aliphatic heterocycles. The van der Waals surface area contributed by atoms with Crippen LogP contribution in [0.1, 0.15) is 40.0 Å². The first-order valence-corrected chi connectivity index (χ1v) is 5.92. The van der Waals surface area contributed by atoms with Crippen LogP contribution in [0.15, 0.2) is 0 Å². The number of carbonyl (C=O) groups excluding carboxylic acids is 2. The third kappa shape index (κ3) is 4.90. The van der Waals surface area contributed by atoms with Crippen molar-refractivity contribution < 1.29 is 14.3 Å². The zero-order valence-corrected chi connectivity index (χ0v) is 10.7. The fourth-order valence-electron chi connectivity index (χ4n) is 1.62. The third-order valence-corrected chi connectivity index (χ3v) is 2.50. The molecule has 0 aliphatic carbocycles. The molecule has 94 valence electrons. The van der Waals surface area contributed by atoms with E-state index in [1.54, 1.807) is 18.7 Å². The Labute approximate surface area is 102 Å². The van der Waals surface area contributed by atoms with E-state index in [2.05, 4.69) is 11.8 Å². The smallest absolute Gasteiger partial charge is 0.411 e. The highest BCUT2D eigenvalue weighted by Gasteiger charge is 2.25. The molecular weight excluding hydrogens is 218 g/mol. The number of ether oxygens (including phenoxy) is 1. The van der Waals surface area contributed by atoms with Crippen molar-refractivity contribution >= 4 is 11.9 Å². The van der Waals surface area contributed by atoms with Gasteiger partial charge in [-0.05, 0) is 45.0 Å². The summed E-state index contributed by atoms with van der Waals surface area (Å²) in [5.41, 5.74) is -0.916. The van der Waals surface area contributed by atoms with Gasteiger partial charge in [0.2, 0.25) is 5.78 Å². The van der Waals surface area contributed by atoms with Crippen molar-refractivity contribution in [2.75, 3.05) is 13.1 Å². The summed E-state index contributed by atoms with van der Waals surface area (Å²) < 4.78 is 5.29. The number of carbonyl (C=O) groups is 2. The molecule has 0 N–H and O–H groups in total. The normalized spacial score (nSPS) is 15.8. The van der Waals surface area contributed by atoms with Crippen molar-refractivity contribution in [2.45, 2.75) is 45.6 Å². The van der Waals surface area contributed by atoms with Crippen LogP contribution in [0.2, 0.25) is 0 Å². The van der Waals surface area contributed by atoms with Crippen molar-refractivity contribution in [3.05, 3.63) is 0 Å². The average Bonchev–Trinajstić information content (AvgIpc) is 2.27. The number of hydrogen-bond acceptors (Lipinski definition) is 3. The minimum Gasteiger partial charge on any atom is -0.430 e. The van der Waals surface area contributed by atoms with E-state index in [4.69, 9.17) is 4.74 Å². The standard InChI is InChI=1S/C13H19NO3/c1-11(15)7-8-13(2,3)17-12(16)14-9-5-4-6-10-14/h4-6,9-10H2,1-3H3. The highest BCUT2D eigenvalue weighted by molar-refractivity contribution is 5.93. The maximum atomic E-state index is 11.8. The second-order valence-corrected chi connectivity index (χ2v) is 4.73. The lowest BCUT2D eigenvalue weighted by Crippen LogP contribution is -2.40. The number of hydrogen-bond donors (Lipinski definition) is 0. The molecule has 1 heterocycles. The number of ketones is 1. The molecule has 17 heavy (non-hydrogen) atoms. The zero-order valence-electron chi connectivity index (χ0n) is 10.7. The van der Waals surface area contributed by atoms with Gasteiger partial charge in [-0.2, -0.15) is 0 Å². The molecule has 1 rings (SSSR count). The molecular formula is C13H19NO3. The molecule has 0 unspecified atom stereocenters. The Bertz CT molecular complexity index is 357. The molecule has 4 nitrogen and oxygen atoms in total. The maximum Gasteiger partial charge on any atom is 0.411 e. The fourth-order valence-corrected chi connectivity index (χ4v) is 1.62. The van der Waals surface area contributed by atoms with Crippen molar-refractivity contribution in [1.82, 2.24) is 4.90 Å². The largest absolute Gasteiger partial charge is 0.430 e. The van der Waals surface area contributed by atoms with Crippen LogP contribution in [0.25, 0.3) is 0 Å². The quantitative estimate of drug-likeness (QED) is 0.517. The first-order valence-electron chi connectivity index (χ1n) is 5.92. The summed E-state index contributed by atoms with van der Waals surface area (Å²) in [7, 11) is 0. The topological polar surface area (TPSA) is 46.6 Å². The van der Waals surface area contributed by atoms with Crippen LogP contribution in [0.5, 0.6) is 0 Å². The molecule has 0 spiro atoms. The lowest BCUT2D eigenvalue weighted by molar-refractivity contribution is -0.111. The molecule has 1 amide bonds. The third-order valence-electron chi connectivity index (χ3n) is 2.50. The minimum atomic E-state index is -0.916. The lowest BCUT2D eigenvalue weighted by atomic mass is 10.1. The van der Waals surface area contributed by atoms with E-state index in [0.717, 1.165) is 32.4 Å². The molecule has 0 aromatic rings. The number of piperidine rings is 1. The van der Waals surface area contributed by atoms with Crippen LogP contribution in [-0.2, 0) is 9.53 Å². The van der Waals surface area contributed by atoms with Gasteiger partial charge in [-0.15, -0.1) is 0 Å². The lowest BCUT2D eigenvalue weighted by Gasteiger charge is -2.29. The summed E-state index contributed by atoms with van der Waals surface area (Å²) in [6.45, 7) is 6.25. The van der Waals surface area contributed by atoms with Gasteiger partial charge in [-0.25, -0.2) is 4.79 Å². The monoisotopic (exact) mass is 237 g/mol. The second-order valence-electron chi connectivity index (χ2n) is 4.73. The van der Waals surface area contributed by atoms with Crippen molar-refractivity contribution in [3.63, 3.8) is 0 Å². The second kappa shape index (κ2) is 5.72. The van der Waals surface area contributed by atoms with E-state index in [1.807, 2.05) is 0 Å². The first kappa shape index (κ1) is 13.6. The predicted octanol–water partition coefficient (Wildman–Crippen LogP) is 1.98. The Morgan fingerprint density at radius 1 is 1.18 bits per heavy atom. The molecule has 0 radical (unpaired) electrons. The summed E-state index contributed by atoms with van der Waals surface area (Å²) in [6, 6.07) is 0. The SMILES string of the molecule is CC(=O)C#CC(C)(C)OC(=O)N1CCCCC1. The average molecular weight is 237 g/mol. The maximum absolute atomic E-state index is 11.8. The molecule has 0 aromatic heterocycles. The Hall–Kier alpha value is -1.50. The summed E-state index contributed by atoms with van der Waals surface area (Å²) in [6.07, 6.45) is 2.87. The van der Waals surface area contributed by atoms with E-state index in [1.165, 1.54) is 6.92 Å². The number of nitrogens with zero attached hydrogens (tertiary/aromatic N) is 1. The highest BCUT2D eigenvalue weighted by atomic mass is 16.6. The van der Waals surface area contributed by atoms with Crippen LogP contribution in [-0.4, -0.2) is 35.5 Å². The van der Waals surface area contributed by atoms with E-state index < -0.39 is 5.60 Å². The van der Waals surface area contributed by atoms with Crippen molar-refractivity contribution in [3.8, 4) is 11.8 Å². The Morgan fingerprint density at radius 3 is 2.29 bits per heavy atom. The Kier molecular flexibility index (Phi) is 4.56. The summed E-state index contributed by atoms with van der Waals surface area (Å²) in [4.78, 5) is 24.3. The fraction of sp³-hybridized carbons (Fsp3) is 0.692. The van der Waals surface area contributed by atoms with Gasteiger partial charge in [0.1, 0.15) is 0 Å². The summed E-state index contributed by atoms with van der Waals surface area (Å²) in [5, 5.41) is 0. The van der Waals surface area contributed by atoms with Gasteiger partial charge in [-0.3, -0.25) is 4.79 Å². The van der Waals surface area contributed by atoms with Crippen LogP contribution in [0, 0.1) is 11.8 Å². The summed E-state index contributed by atoms with van der Waals surface area (Å²) >= 11 is 0. The summed E-state index contributed by atoms with van der Waals surface area (Å²) in [5.74, 6) is 4.84. The molecule has 0 bridgehead atoms. The van der Waals surface area contributed by atoms with Crippen LogP contribution in [0.4, 0.5) is 4.79 Å². The predicted molar refractivity (Wildman–Crippen MR) is 64.4 cm³/mol. The van der Waals surface area contributed by atoms with Gasteiger partial charge in [0.05, 0.1) is 0 Å². The molecule has 1 saturated heterocycles. The van der Waals surface area contributed by atoms with Crippen molar-refractivity contribution in [1.29, 1.82) is 0 Å². The molecule has 0 aromatic carbocycles.